The molecule has 3 nitrogen and oxygen atoms in total. The first-order valence-electron chi connectivity index (χ1n) is 5.76. The van der Waals surface area contributed by atoms with Gasteiger partial charge in [0.1, 0.15) is 5.82 Å². The van der Waals surface area contributed by atoms with E-state index < -0.39 is 29.0 Å². The normalized spacial score (nSPS) is 15.7. The van der Waals surface area contributed by atoms with Gasteiger partial charge in [0, 0.05) is 26.2 Å². The van der Waals surface area contributed by atoms with Gasteiger partial charge in [-0.15, -0.1) is 12.4 Å². The lowest BCUT2D eigenvalue weighted by Crippen LogP contribution is -2.46. The molecule has 8 heteroatoms. The Morgan fingerprint density at radius 3 is 2.35 bits per heavy atom. The van der Waals surface area contributed by atoms with Crippen LogP contribution in [0.5, 0.6) is 0 Å². The number of amides is 1. The maximum Gasteiger partial charge on any atom is 0.416 e. The zero-order valence-corrected chi connectivity index (χ0v) is 11.2. The molecule has 112 valence electrons. The first-order chi connectivity index (χ1) is 8.89. The van der Waals surface area contributed by atoms with Crippen LogP contribution in [0, 0.1) is 5.82 Å². The fourth-order valence-electron chi connectivity index (χ4n) is 1.90. The van der Waals surface area contributed by atoms with Crippen molar-refractivity contribution in [3.8, 4) is 0 Å². The monoisotopic (exact) mass is 312 g/mol. The molecule has 1 aliphatic heterocycles. The quantitative estimate of drug-likeness (QED) is 0.807. The van der Waals surface area contributed by atoms with Crippen molar-refractivity contribution < 1.29 is 22.4 Å². The van der Waals surface area contributed by atoms with E-state index in [-0.39, 0.29) is 12.4 Å². The molecule has 0 radical (unpaired) electrons. The zero-order chi connectivity index (χ0) is 14.0. The largest absolute Gasteiger partial charge is 0.416 e. The van der Waals surface area contributed by atoms with E-state index in [2.05, 4.69) is 5.32 Å². The molecule has 1 aromatic carbocycles. The first kappa shape index (κ1) is 16.7. The van der Waals surface area contributed by atoms with Gasteiger partial charge in [-0.3, -0.25) is 4.79 Å². The SMILES string of the molecule is Cl.O=C(c1cc(C(F)(F)F)ccc1F)N1CCNCC1. The van der Waals surface area contributed by atoms with E-state index in [1.807, 2.05) is 0 Å². The van der Waals surface area contributed by atoms with Crippen LogP contribution in [0.2, 0.25) is 0 Å². The minimum atomic E-state index is -4.59. The van der Waals surface area contributed by atoms with Crippen molar-refractivity contribution in [2.45, 2.75) is 6.18 Å². The van der Waals surface area contributed by atoms with Crippen LogP contribution in [-0.2, 0) is 6.18 Å². The number of benzene rings is 1. The predicted molar refractivity (Wildman–Crippen MR) is 67.4 cm³/mol. The molecule has 1 aromatic rings. The van der Waals surface area contributed by atoms with Crippen LogP contribution in [0.3, 0.4) is 0 Å². The van der Waals surface area contributed by atoms with Gasteiger partial charge >= 0.3 is 6.18 Å². The van der Waals surface area contributed by atoms with Gasteiger partial charge in [0.25, 0.3) is 5.91 Å². The maximum atomic E-state index is 13.5. The van der Waals surface area contributed by atoms with Gasteiger partial charge in [0.05, 0.1) is 11.1 Å². The number of carbonyl (C=O) groups excluding carboxylic acids is 1. The molecule has 1 saturated heterocycles. The van der Waals surface area contributed by atoms with E-state index in [1.54, 1.807) is 0 Å². The van der Waals surface area contributed by atoms with Crippen LogP contribution >= 0.6 is 12.4 Å². The lowest BCUT2D eigenvalue weighted by atomic mass is 10.1. The average molecular weight is 313 g/mol. The number of hydrogen-bond acceptors (Lipinski definition) is 2. The number of piperazine rings is 1. The highest BCUT2D eigenvalue weighted by Crippen LogP contribution is 2.30. The standard InChI is InChI=1S/C12H12F4N2O.ClH/c13-10-2-1-8(12(14,15)16)7-9(10)11(19)18-5-3-17-4-6-18;/h1-2,7,17H,3-6H2;1H. The van der Waals surface area contributed by atoms with Crippen LogP contribution in [0.25, 0.3) is 0 Å². The molecule has 0 saturated carbocycles. The molecule has 0 aromatic heterocycles. The Kier molecular flexibility index (Phi) is 5.35. The van der Waals surface area contributed by atoms with Gasteiger partial charge < -0.3 is 10.2 Å². The third-order valence-corrected chi connectivity index (χ3v) is 2.93. The van der Waals surface area contributed by atoms with Gasteiger partial charge in [-0.05, 0) is 18.2 Å². The molecular formula is C12H13ClF4N2O. The maximum absolute atomic E-state index is 13.5. The third-order valence-electron chi connectivity index (χ3n) is 2.93. The van der Waals surface area contributed by atoms with Gasteiger partial charge in [-0.2, -0.15) is 13.2 Å². The summed E-state index contributed by atoms with van der Waals surface area (Å²) in [6.45, 7) is 1.81. The van der Waals surface area contributed by atoms with Crippen molar-refractivity contribution in [3.05, 3.63) is 35.1 Å². The number of alkyl halides is 3. The minimum absolute atomic E-state index is 0. The highest BCUT2D eigenvalue weighted by molar-refractivity contribution is 5.94. The molecule has 1 fully saturated rings. The summed E-state index contributed by atoms with van der Waals surface area (Å²) in [5, 5.41) is 3.00. The van der Waals surface area contributed by atoms with Crippen molar-refractivity contribution in [3.63, 3.8) is 0 Å². The van der Waals surface area contributed by atoms with Gasteiger partial charge in [-0.1, -0.05) is 0 Å². The predicted octanol–water partition coefficient (Wildman–Crippen LogP) is 2.31. The molecule has 1 amide bonds. The number of nitrogens with zero attached hydrogens (tertiary/aromatic N) is 1. The van der Waals surface area contributed by atoms with E-state index in [1.165, 1.54) is 4.90 Å². The Morgan fingerprint density at radius 1 is 1.20 bits per heavy atom. The van der Waals surface area contributed by atoms with E-state index in [0.29, 0.717) is 44.4 Å². The number of rotatable bonds is 1. The zero-order valence-electron chi connectivity index (χ0n) is 10.3. The fourth-order valence-corrected chi connectivity index (χ4v) is 1.90. The summed E-state index contributed by atoms with van der Waals surface area (Å²) in [6, 6.07) is 1.88. The second-order valence-electron chi connectivity index (χ2n) is 4.23. The van der Waals surface area contributed by atoms with Crippen molar-refractivity contribution in [1.29, 1.82) is 0 Å². The van der Waals surface area contributed by atoms with Crippen molar-refractivity contribution in [2.75, 3.05) is 26.2 Å². The summed E-state index contributed by atoms with van der Waals surface area (Å²) in [6.07, 6.45) is -4.59. The molecule has 0 bridgehead atoms. The Bertz CT molecular complexity index is 487. The molecule has 0 atom stereocenters. The van der Waals surface area contributed by atoms with Crippen LogP contribution in [-0.4, -0.2) is 37.0 Å². The molecule has 0 spiro atoms. The number of hydrogen-bond donors (Lipinski definition) is 1. The summed E-state index contributed by atoms with van der Waals surface area (Å²) < 4.78 is 51.2. The molecule has 1 heterocycles. The molecule has 0 aliphatic carbocycles. The lowest BCUT2D eigenvalue weighted by Gasteiger charge is -2.27. The summed E-state index contributed by atoms with van der Waals surface area (Å²) in [5.74, 6) is -1.64. The molecule has 20 heavy (non-hydrogen) atoms. The summed E-state index contributed by atoms with van der Waals surface area (Å²) in [5.41, 5.74) is -1.55. The Labute approximate surface area is 119 Å². The summed E-state index contributed by atoms with van der Waals surface area (Å²) in [7, 11) is 0. The molecule has 1 N–H and O–H groups in total. The number of nitrogens with one attached hydrogen (secondary N) is 1. The van der Waals surface area contributed by atoms with E-state index in [9.17, 15) is 22.4 Å². The van der Waals surface area contributed by atoms with E-state index >= 15 is 0 Å². The Morgan fingerprint density at radius 2 is 1.80 bits per heavy atom. The minimum Gasteiger partial charge on any atom is -0.336 e. The lowest BCUT2D eigenvalue weighted by molar-refractivity contribution is -0.137. The molecule has 1 aliphatic rings. The molecular weight excluding hydrogens is 300 g/mol. The molecule has 2 rings (SSSR count). The highest BCUT2D eigenvalue weighted by Gasteiger charge is 2.32. The second-order valence-corrected chi connectivity index (χ2v) is 4.23. The van der Waals surface area contributed by atoms with E-state index in [4.69, 9.17) is 0 Å². The second kappa shape index (κ2) is 6.41. The fraction of sp³-hybridized carbons (Fsp3) is 0.417. The van der Waals surface area contributed by atoms with Crippen LogP contribution < -0.4 is 5.32 Å². The van der Waals surface area contributed by atoms with Gasteiger partial charge in [-0.25, -0.2) is 4.39 Å². The van der Waals surface area contributed by atoms with Crippen LogP contribution in [0.15, 0.2) is 18.2 Å². The number of halogens is 5. The Hall–Kier alpha value is -1.34. The third kappa shape index (κ3) is 3.61. The first-order valence-corrected chi connectivity index (χ1v) is 5.76. The van der Waals surface area contributed by atoms with E-state index in [0.717, 1.165) is 0 Å². The van der Waals surface area contributed by atoms with Crippen LogP contribution in [0.4, 0.5) is 17.6 Å². The van der Waals surface area contributed by atoms with Gasteiger partial charge in [0.15, 0.2) is 0 Å². The average Bonchev–Trinajstić information content (AvgIpc) is 2.38. The van der Waals surface area contributed by atoms with Crippen molar-refractivity contribution in [2.24, 2.45) is 0 Å². The summed E-state index contributed by atoms with van der Waals surface area (Å²) in [4.78, 5) is 13.3. The topological polar surface area (TPSA) is 32.3 Å². The Balaban J connectivity index is 0.00000200. The smallest absolute Gasteiger partial charge is 0.336 e. The highest BCUT2D eigenvalue weighted by atomic mass is 35.5. The van der Waals surface area contributed by atoms with Crippen molar-refractivity contribution in [1.82, 2.24) is 10.2 Å². The van der Waals surface area contributed by atoms with Crippen molar-refractivity contribution >= 4 is 18.3 Å². The summed E-state index contributed by atoms with van der Waals surface area (Å²) >= 11 is 0. The van der Waals surface area contributed by atoms with Crippen LogP contribution in [0.1, 0.15) is 15.9 Å². The van der Waals surface area contributed by atoms with Gasteiger partial charge in [0.2, 0.25) is 0 Å². The molecule has 0 unspecified atom stereocenters. The number of carbonyl (C=O) groups is 1.